The van der Waals surface area contributed by atoms with Crippen LogP contribution >= 0.6 is 11.6 Å². The molecule has 0 aromatic heterocycles. The third-order valence-corrected chi connectivity index (χ3v) is 3.55. The van der Waals surface area contributed by atoms with Gasteiger partial charge >= 0.3 is 0 Å². The Bertz CT molecular complexity index is 379. The average Bonchev–Trinajstić information content (AvgIpc) is 2.38. The van der Waals surface area contributed by atoms with Gasteiger partial charge in [-0.15, -0.1) is 0 Å². The molecular formula is C16H26ClNO. The number of ether oxygens (including phenoxy) is 1. The maximum atomic E-state index is 6.22. The number of hydrogen-bond donors (Lipinski definition) is 1. The quantitative estimate of drug-likeness (QED) is 0.738. The average molecular weight is 284 g/mol. The monoisotopic (exact) mass is 283 g/mol. The lowest BCUT2D eigenvalue weighted by Gasteiger charge is -2.20. The summed E-state index contributed by atoms with van der Waals surface area (Å²) in [6, 6.07) is 6.46. The first-order valence-corrected chi connectivity index (χ1v) is 7.53. The van der Waals surface area contributed by atoms with E-state index in [1.165, 1.54) is 12.0 Å². The summed E-state index contributed by atoms with van der Waals surface area (Å²) < 4.78 is 5.21. The van der Waals surface area contributed by atoms with Crippen LogP contribution in [0.15, 0.2) is 18.2 Å². The molecule has 0 heterocycles. The molecule has 1 rings (SSSR count). The second kappa shape index (κ2) is 8.44. The molecule has 0 saturated heterocycles. The minimum atomic E-state index is 0.380. The van der Waals surface area contributed by atoms with Crippen LogP contribution < -0.4 is 10.1 Å². The number of methoxy groups -OCH3 is 1. The normalized spacial score (nSPS) is 12.7. The molecule has 0 aliphatic heterocycles. The zero-order valence-corrected chi connectivity index (χ0v) is 13.3. The minimum Gasteiger partial charge on any atom is -0.495 e. The van der Waals surface area contributed by atoms with E-state index in [1.54, 1.807) is 7.11 Å². The molecule has 2 nitrogen and oxygen atoms in total. The highest BCUT2D eigenvalue weighted by Gasteiger charge is 2.13. The molecule has 0 amide bonds. The Morgan fingerprint density at radius 3 is 2.53 bits per heavy atom. The van der Waals surface area contributed by atoms with Crippen LogP contribution in [0.25, 0.3) is 0 Å². The maximum absolute atomic E-state index is 6.22. The van der Waals surface area contributed by atoms with Crippen molar-refractivity contribution in [2.75, 3.05) is 13.7 Å². The highest BCUT2D eigenvalue weighted by molar-refractivity contribution is 6.32. The molecule has 1 atom stereocenters. The third kappa shape index (κ3) is 5.42. The van der Waals surface area contributed by atoms with Gasteiger partial charge in [-0.1, -0.05) is 38.4 Å². The van der Waals surface area contributed by atoms with Gasteiger partial charge in [0.15, 0.2) is 0 Å². The van der Waals surface area contributed by atoms with E-state index in [0.717, 1.165) is 31.1 Å². The largest absolute Gasteiger partial charge is 0.495 e. The zero-order valence-electron chi connectivity index (χ0n) is 12.5. The summed E-state index contributed by atoms with van der Waals surface area (Å²) in [5.74, 6) is 1.46. The molecule has 0 fully saturated rings. The van der Waals surface area contributed by atoms with Crippen LogP contribution in [0.4, 0.5) is 0 Å². The van der Waals surface area contributed by atoms with Crippen molar-refractivity contribution in [2.24, 2.45) is 5.92 Å². The van der Waals surface area contributed by atoms with E-state index in [1.807, 2.05) is 12.1 Å². The molecule has 1 unspecified atom stereocenters. The van der Waals surface area contributed by atoms with Gasteiger partial charge in [-0.05, 0) is 49.4 Å². The Morgan fingerprint density at radius 1 is 1.26 bits per heavy atom. The highest BCUT2D eigenvalue weighted by atomic mass is 35.5. The molecule has 0 aliphatic rings. The molecule has 108 valence electrons. The van der Waals surface area contributed by atoms with Gasteiger partial charge in [0.2, 0.25) is 0 Å². The Morgan fingerprint density at radius 2 is 2.00 bits per heavy atom. The van der Waals surface area contributed by atoms with Gasteiger partial charge in [0, 0.05) is 6.04 Å². The van der Waals surface area contributed by atoms with Gasteiger partial charge in [0.25, 0.3) is 0 Å². The van der Waals surface area contributed by atoms with Gasteiger partial charge in [0.05, 0.1) is 12.1 Å². The Kier molecular flexibility index (Phi) is 7.25. The van der Waals surface area contributed by atoms with Gasteiger partial charge < -0.3 is 10.1 Å². The van der Waals surface area contributed by atoms with Crippen molar-refractivity contribution in [3.63, 3.8) is 0 Å². The van der Waals surface area contributed by atoms with Crippen molar-refractivity contribution in [3.8, 4) is 5.75 Å². The van der Waals surface area contributed by atoms with E-state index >= 15 is 0 Å². The number of nitrogens with one attached hydrogen (secondary N) is 1. The van der Waals surface area contributed by atoms with Crippen LogP contribution in [0.2, 0.25) is 5.02 Å². The zero-order chi connectivity index (χ0) is 14.3. The molecule has 0 bridgehead atoms. The molecule has 0 radical (unpaired) electrons. The van der Waals surface area contributed by atoms with Crippen LogP contribution in [0, 0.1) is 5.92 Å². The molecule has 1 aromatic carbocycles. The number of benzene rings is 1. The van der Waals surface area contributed by atoms with Gasteiger partial charge in [-0.3, -0.25) is 0 Å². The number of hydrogen-bond acceptors (Lipinski definition) is 2. The van der Waals surface area contributed by atoms with E-state index < -0.39 is 0 Å². The predicted molar refractivity (Wildman–Crippen MR) is 83.1 cm³/mol. The number of rotatable bonds is 8. The smallest absolute Gasteiger partial charge is 0.137 e. The lowest BCUT2D eigenvalue weighted by Crippen LogP contribution is -2.22. The second-order valence-electron chi connectivity index (χ2n) is 5.37. The first-order valence-electron chi connectivity index (χ1n) is 7.15. The van der Waals surface area contributed by atoms with Crippen LogP contribution in [0.5, 0.6) is 5.75 Å². The van der Waals surface area contributed by atoms with Gasteiger partial charge in [-0.2, -0.15) is 0 Å². The van der Waals surface area contributed by atoms with E-state index in [0.29, 0.717) is 11.1 Å². The van der Waals surface area contributed by atoms with Gasteiger partial charge in [0.1, 0.15) is 5.75 Å². The topological polar surface area (TPSA) is 21.3 Å². The Balaban J connectivity index is 2.80. The molecule has 0 spiro atoms. The van der Waals surface area contributed by atoms with Gasteiger partial charge in [-0.25, -0.2) is 0 Å². The maximum Gasteiger partial charge on any atom is 0.137 e. The summed E-state index contributed by atoms with van der Waals surface area (Å²) in [5.41, 5.74) is 1.25. The standard InChI is InChI=1S/C16H26ClNO/c1-5-10-18-15(8-6-12(2)3)13-7-9-16(19-4)14(17)11-13/h7,9,11-12,15,18H,5-6,8,10H2,1-4H3. The summed E-state index contributed by atoms with van der Waals surface area (Å²) in [5, 5.41) is 4.29. The highest BCUT2D eigenvalue weighted by Crippen LogP contribution is 2.29. The van der Waals surface area contributed by atoms with Crippen molar-refractivity contribution < 1.29 is 4.74 Å². The van der Waals surface area contributed by atoms with Crippen molar-refractivity contribution in [3.05, 3.63) is 28.8 Å². The molecular weight excluding hydrogens is 258 g/mol. The van der Waals surface area contributed by atoms with Crippen molar-refractivity contribution >= 4 is 11.6 Å². The second-order valence-corrected chi connectivity index (χ2v) is 5.78. The van der Waals surface area contributed by atoms with E-state index in [-0.39, 0.29) is 0 Å². The predicted octanol–water partition coefficient (Wildman–Crippen LogP) is 4.83. The van der Waals surface area contributed by atoms with E-state index in [9.17, 15) is 0 Å². The molecule has 1 aromatic rings. The molecule has 0 aliphatic carbocycles. The Labute approximate surface area is 122 Å². The van der Waals surface area contributed by atoms with Crippen LogP contribution in [0.1, 0.15) is 51.6 Å². The molecule has 19 heavy (non-hydrogen) atoms. The van der Waals surface area contributed by atoms with Crippen LogP contribution in [-0.2, 0) is 0 Å². The lowest BCUT2D eigenvalue weighted by molar-refractivity contribution is 0.413. The van der Waals surface area contributed by atoms with E-state index in [4.69, 9.17) is 16.3 Å². The van der Waals surface area contributed by atoms with E-state index in [2.05, 4.69) is 32.2 Å². The van der Waals surface area contributed by atoms with Crippen LogP contribution in [0.3, 0.4) is 0 Å². The minimum absolute atomic E-state index is 0.380. The first kappa shape index (κ1) is 16.3. The summed E-state index contributed by atoms with van der Waals surface area (Å²) >= 11 is 6.22. The van der Waals surface area contributed by atoms with Crippen molar-refractivity contribution in [1.29, 1.82) is 0 Å². The summed E-state index contributed by atoms with van der Waals surface area (Å²) in [7, 11) is 1.65. The van der Waals surface area contributed by atoms with Crippen LogP contribution in [-0.4, -0.2) is 13.7 Å². The fourth-order valence-electron chi connectivity index (χ4n) is 2.10. The Hall–Kier alpha value is -0.730. The van der Waals surface area contributed by atoms with Crippen molar-refractivity contribution in [2.45, 2.75) is 46.1 Å². The molecule has 3 heteroatoms. The fraction of sp³-hybridized carbons (Fsp3) is 0.625. The number of halogens is 1. The summed E-state index contributed by atoms with van der Waals surface area (Å²) in [6.45, 7) is 7.75. The summed E-state index contributed by atoms with van der Waals surface area (Å²) in [6.07, 6.45) is 3.49. The third-order valence-electron chi connectivity index (χ3n) is 3.25. The first-order chi connectivity index (χ1) is 9.08. The molecule has 0 saturated carbocycles. The fourth-order valence-corrected chi connectivity index (χ4v) is 2.37. The van der Waals surface area contributed by atoms with Crippen molar-refractivity contribution in [1.82, 2.24) is 5.32 Å². The SMILES string of the molecule is CCCNC(CCC(C)C)c1ccc(OC)c(Cl)c1. The lowest BCUT2D eigenvalue weighted by atomic mass is 9.97. The molecule has 1 N–H and O–H groups in total. The summed E-state index contributed by atoms with van der Waals surface area (Å²) in [4.78, 5) is 0.